The molecule has 3 fully saturated rings. The number of amides is 1. The third-order valence-corrected chi connectivity index (χ3v) is 8.21. The molecule has 1 amide bonds. The molecular weight excluding hydrogens is 364 g/mol. The van der Waals surface area contributed by atoms with Gasteiger partial charge in [0.15, 0.2) is 9.84 Å². The van der Waals surface area contributed by atoms with Gasteiger partial charge in [-0.3, -0.25) is 14.6 Å². The number of sulfone groups is 1. The van der Waals surface area contributed by atoms with Crippen LogP contribution in [0.2, 0.25) is 0 Å². The molecule has 7 nitrogen and oxygen atoms in total. The summed E-state index contributed by atoms with van der Waals surface area (Å²) in [6.07, 6.45) is 6.56. The van der Waals surface area contributed by atoms with Crippen LogP contribution in [0.1, 0.15) is 51.9 Å². The number of piperidine rings is 1. The van der Waals surface area contributed by atoms with Gasteiger partial charge in [0.2, 0.25) is 5.91 Å². The Kier molecular flexibility index (Phi) is 6.44. The largest absolute Gasteiger partial charge is 0.336 e. The molecule has 0 aromatic heterocycles. The van der Waals surface area contributed by atoms with Crippen molar-refractivity contribution in [2.24, 2.45) is 0 Å². The standard InChI is InChI=1S/C19H32N4O3S/c1-16(18(24)21-19(15-20)7-3-2-4-8-19)22-9-5-17(6-10-22)23-11-13-27(25,26)14-12-23/h16-17H,2-14H2,1H3,(H,21,24)/t16-/m1/s1. The minimum absolute atomic E-state index is 0.0408. The minimum atomic E-state index is -2.84. The number of nitrogens with zero attached hydrogens (tertiary/aromatic N) is 3. The van der Waals surface area contributed by atoms with Gasteiger partial charge in [0, 0.05) is 32.2 Å². The third kappa shape index (κ3) is 5.01. The molecule has 1 saturated carbocycles. The second kappa shape index (κ2) is 8.46. The topological polar surface area (TPSA) is 93.5 Å². The lowest BCUT2D eigenvalue weighted by Crippen LogP contribution is -2.57. The summed E-state index contributed by atoms with van der Waals surface area (Å²) in [4.78, 5) is 17.2. The van der Waals surface area contributed by atoms with Crippen LogP contribution in [0.3, 0.4) is 0 Å². The average Bonchev–Trinajstić information content (AvgIpc) is 2.68. The van der Waals surface area contributed by atoms with Crippen molar-refractivity contribution in [3.05, 3.63) is 0 Å². The molecule has 8 heteroatoms. The van der Waals surface area contributed by atoms with E-state index in [-0.39, 0.29) is 23.5 Å². The molecule has 3 rings (SSSR count). The summed E-state index contributed by atoms with van der Waals surface area (Å²) in [6, 6.07) is 2.53. The highest BCUT2D eigenvalue weighted by molar-refractivity contribution is 7.91. The van der Waals surface area contributed by atoms with E-state index in [0.717, 1.165) is 58.0 Å². The van der Waals surface area contributed by atoms with Gasteiger partial charge in [-0.1, -0.05) is 19.3 Å². The van der Waals surface area contributed by atoms with Crippen molar-refractivity contribution >= 4 is 15.7 Å². The lowest BCUT2D eigenvalue weighted by molar-refractivity contribution is -0.128. The predicted molar refractivity (Wildman–Crippen MR) is 104 cm³/mol. The molecule has 0 bridgehead atoms. The van der Waals surface area contributed by atoms with Crippen molar-refractivity contribution in [3.63, 3.8) is 0 Å². The Labute approximate surface area is 163 Å². The fourth-order valence-corrected chi connectivity index (χ4v) is 5.89. The monoisotopic (exact) mass is 396 g/mol. The Hall–Kier alpha value is -1.17. The van der Waals surface area contributed by atoms with E-state index in [2.05, 4.69) is 21.2 Å². The number of nitriles is 1. The van der Waals surface area contributed by atoms with E-state index in [0.29, 0.717) is 19.1 Å². The molecule has 2 aliphatic heterocycles. The highest BCUT2D eigenvalue weighted by atomic mass is 32.2. The maximum Gasteiger partial charge on any atom is 0.238 e. The zero-order valence-electron chi connectivity index (χ0n) is 16.3. The molecule has 3 aliphatic rings. The Bertz CT molecular complexity index is 660. The van der Waals surface area contributed by atoms with Crippen molar-refractivity contribution < 1.29 is 13.2 Å². The van der Waals surface area contributed by atoms with Crippen LogP contribution in [0, 0.1) is 11.3 Å². The van der Waals surface area contributed by atoms with Gasteiger partial charge >= 0.3 is 0 Å². The van der Waals surface area contributed by atoms with E-state index >= 15 is 0 Å². The summed E-state index contributed by atoms with van der Waals surface area (Å²) >= 11 is 0. The Morgan fingerprint density at radius 2 is 1.70 bits per heavy atom. The smallest absolute Gasteiger partial charge is 0.238 e. The Morgan fingerprint density at radius 1 is 1.11 bits per heavy atom. The summed E-state index contributed by atoms with van der Waals surface area (Å²) in [5, 5.41) is 12.6. The summed E-state index contributed by atoms with van der Waals surface area (Å²) < 4.78 is 23.2. The summed E-state index contributed by atoms with van der Waals surface area (Å²) in [7, 11) is -2.84. The van der Waals surface area contributed by atoms with Crippen LogP contribution in [-0.4, -0.2) is 79.4 Å². The molecule has 2 heterocycles. The van der Waals surface area contributed by atoms with Gasteiger partial charge in [0.25, 0.3) is 0 Å². The van der Waals surface area contributed by atoms with Crippen LogP contribution in [0.25, 0.3) is 0 Å². The van der Waals surface area contributed by atoms with Gasteiger partial charge in [-0.25, -0.2) is 8.42 Å². The number of hydrogen-bond donors (Lipinski definition) is 1. The van der Waals surface area contributed by atoms with E-state index in [9.17, 15) is 18.5 Å². The number of nitrogens with one attached hydrogen (secondary N) is 1. The fourth-order valence-electron chi connectivity index (χ4n) is 4.66. The van der Waals surface area contributed by atoms with Crippen molar-refractivity contribution in [2.75, 3.05) is 37.7 Å². The quantitative estimate of drug-likeness (QED) is 0.759. The molecule has 0 spiro atoms. The van der Waals surface area contributed by atoms with Gasteiger partial charge < -0.3 is 5.32 Å². The fraction of sp³-hybridized carbons (Fsp3) is 0.895. The molecule has 0 aromatic carbocycles. The van der Waals surface area contributed by atoms with Crippen LogP contribution < -0.4 is 5.32 Å². The molecule has 1 aliphatic carbocycles. The number of carbonyl (C=O) groups excluding carboxylic acids is 1. The first kappa shape index (κ1) is 20.6. The zero-order chi connectivity index (χ0) is 19.5. The van der Waals surface area contributed by atoms with Gasteiger partial charge in [-0.15, -0.1) is 0 Å². The van der Waals surface area contributed by atoms with E-state index in [1.165, 1.54) is 0 Å². The van der Waals surface area contributed by atoms with Gasteiger partial charge in [0.1, 0.15) is 5.54 Å². The van der Waals surface area contributed by atoms with Gasteiger partial charge in [-0.2, -0.15) is 5.26 Å². The average molecular weight is 397 g/mol. The number of hydrogen-bond acceptors (Lipinski definition) is 6. The van der Waals surface area contributed by atoms with E-state index in [1.807, 2.05) is 6.92 Å². The molecule has 0 unspecified atom stereocenters. The van der Waals surface area contributed by atoms with Crippen LogP contribution in [0.4, 0.5) is 0 Å². The van der Waals surface area contributed by atoms with Crippen LogP contribution in [0.5, 0.6) is 0 Å². The van der Waals surface area contributed by atoms with Crippen LogP contribution in [0.15, 0.2) is 0 Å². The minimum Gasteiger partial charge on any atom is -0.336 e. The molecule has 0 aromatic rings. The van der Waals surface area contributed by atoms with Crippen LogP contribution >= 0.6 is 0 Å². The Balaban J connectivity index is 1.48. The second-order valence-electron chi connectivity index (χ2n) is 8.37. The van der Waals surface area contributed by atoms with Crippen molar-refractivity contribution in [2.45, 2.75) is 69.5 Å². The predicted octanol–water partition coefficient (Wildman–Crippen LogP) is 0.912. The van der Waals surface area contributed by atoms with Crippen molar-refractivity contribution in [1.82, 2.24) is 15.1 Å². The summed E-state index contributed by atoms with van der Waals surface area (Å²) in [6.45, 7) is 4.86. The molecule has 1 N–H and O–H groups in total. The third-order valence-electron chi connectivity index (χ3n) is 6.61. The summed E-state index contributed by atoms with van der Waals surface area (Å²) in [5.74, 6) is 0.492. The lowest BCUT2D eigenvalue weighted by atomic mass is 9.82. The van der Waals surface area contributed by atoms with Crippen LogP contribution in [-0.2, 0) is 14.6 Å². The SMILES string of the molecule is C[C@H](C(=O)NC1(C#N)CCCCC1)N1CCC(N2CCS(=O)(=O)CC2)CC1. The molecule has 0 radical (unpaired) electrons. The molecule has 27 heavy (non-hydrogen) atoms. The second-order valence-corrected chi connectivity index (χ2v) is 10.7. The zero-order valence-corrected chi connectivity index (χ0v) is 17.1. The summed E-state index contributed by atoms with van der Waals surface area (Å²) in [5.41, 5.74) is -0.679. The van der Waals surface area contributed by atoms with E-state index < -0.39 is 15.4 Å². The lowest BCUT2D eigenvalue weighted by Gasteiger charge is -2.42. The first-order valence-electron chi connectivity index (χ1n) is 10.3. The number of rotatable bonds is 4. The van der Waals surface area contributed by atoms with Gasteiger partial charge in [-0.05, 0) is 32.6 Å². The van der Waals surface area contributed by atoms with Crippen molar-refractivity contribution in [1.29, 1.82) is 5.26 Å². The maximum atomic E-state index is 12.7. The Morgan fingerprint density at radius 3 is 2.26 bits per heavy atom. The first-order chi connectivity index (χ1) is 12.8. The normalized spacial score (nSPS) is 28.1. The maximum absolute atomic E-state index is 12.7. The highest BCUT2D eigenvalue weighted by Crippen LogP contribution is 2.28. The highest BCUT2D eigenvalue weighted by Gasteiger charge is 2.37. The van der Waals surface area contributed by atoms with Crippen molar-refractivity contribution in [3.8, 4) is 6.07 Å². The van der Waals surface area contributed by atoms with E-state index in [1.54, 1.807) is 0 Å². The number of carbonyl (C=O) groups is 1. The molecule has 2 saturated heterocycles. The first-order valence-corrected chi connectivity index (χ1v) is 12.1. The molecule has 152 valence electrons. The number of likely N-dealkylation sites (tertiary alicyclic amines) is 1. The molecular formula is C19H32N4O3S. The molecule has 1 atom stereocenters. The van der Waals surface area contributed by atoms with Gasteiger partial charge in [0.05, 0.1) is 23.6 Å². The van der Waals surface area contributed by atoms with E-state index in [4.69, 9.17) is 0 Å².